The van der Waals surface area contributed by atoms with Gasteiger partial charge in [-0.3, -0.25) is 4.79 Å². The van der Waals surface area contributed by atoms with E-state index in [1.165, 1.54) is 12.5 Å². The first-order chi connectivity index (χ1) is 11.2. The minimum absolute atomic E-state index is 0.185. The van der Waals surface area contributed by atoms with Gasteiger partial charge in [0.2, 0.25) is 0 Å². The standard InChI is InChI=1S/C16H13ClN4OS/c17-13-8-18-10-20-14(13)15(22)19-7-6-12-9-23-16(21-12)11-4-2-1-3-5-11/h1-5,8-10H,6-7H2,(H,19,22). The van der Waals surface area contributed by atoms with Crippen molar-refractivity contribution in [2.75, 3.05) is 6.54 Å². The average molecular weight is 345 g/mol. The predicted molar refractivity (Wildman–Crippen MR) is 90.6 cm³/mol. The van der Waals surface area contributed by atoms with Crippen LogP contribution in [0.1, 0.15) is 16.2 Å². The van der Waals surface area contributed by atoms with Crippen molar-refractivity contribution in [1.29, 1.82) is 0 Å². The molecule has 7 heteroatoms. The second kappa shape index (κ2) is 7.30. The van der Waals surface area contributed by atoms with Gasteiger partial charge in [-0.15, -0.1) is 11.3 Å². The van der Waals surface area contributed by atoms with E-state index in [1.807, 2.05) is 35.7 Å². The molecule has 0 unspecified atom stereocenters. The Labute approximate surface area is 142 Å². The third-order valence-corrected chi connectivity index (χ3v) is 4.34. The van der Waals surface area contributed by atoms with Crippen LogP contribution >= 0.6 is 22.9 Å². The zero-order valence-electron chi connectivity index (χ0n) is 12.1. The molecule has 1 aromatic carbocycles. The van der Waals surface area contributed by atoms with Crippen LogP contribution in [0, 0.1) is 0 Å². The lowest BCUT2D eigenvalue weighted by Crippen LogP contribution is -2.27. The van der Waals surface area contributed by atoms with Crippen molar-refractivity contribution in [2.24, 2.45) is 0 Å². The molecule has 23 heavy (non-hydrogen) atoms. The van der Waals surface area contributed by atoms with E-state index in [2.05, 4.69) is 20.3 Å². The highest BCUT2D eigenvalue weighted by atomic mass is 35.5. The summed E-state index contributed by atoms with van der Waals surface area (Å²) < 4.78 is 0. The van der Waals surface area contributed by atoms with Gasteiger partial charge in [0.1, 0.15) is 17.0 Å². The molecule has 3 rings (SSSR count). The maximum absolute atomic E-state index is 12.0. The number of hydrogen-bond donors (Lipinski definition) is 1. The van der Waals surface area contributed by atoms with E-state index in [0.29, 0.717) is 13.0 Å². The van der Waals surface area contributed by atoms with Gasteiger partial charge in [-0.05, 0) is 0 Å². The maximum Gasteiger partial charge on any atom is 0.271 e. The summed E-state index contributed by atoms with van der Waals surface area (Å²) in [5.74, 6) is -0.309. The van der Waals surface area contributed by atoms with Gasteiger partial charge in [0, 0.05) is 30.1 Å². The number of thiazole rings is 1. The molecule has 5 nitrogen and oxygen atoms in total. The smallest absolute Gasteiger partial charge is 0.271 e. The maximum atomic E-state index is 12.0. The van der Waals surface area contributed by atoms with Gasteiger partial charge in [0.05, 0.1) is 10.7 Å². The first-order valence-corrected chi connectivity index (χ1v) is 8.23. The summed E-state index contributed by atoms with van der Waals surface area (Å²) in [6.07, 6.45) is 3.35. The fourth-order valence-corrected chi connectivity index (χ4v) is 3.05. The lowest BCUT2D eigenvalue weighted by atomic mass is 10.2. The van der Waals surface area contributed by atoms with Crippen LogP contribution in [0.2, 0.25) is 5.02 Å². The van der Waals surface area contributed by atoms with E-state index < -0.39 is 0 Å². The number of amides is 1. The minimum atomic E-state index is -0.309. The Bertz CT molecular complexity index is 807. The van der Waals surface area contributed by atoms with Crippen molar-refractivity contribution in [2.45, 2.75) is 6.42 Å². The van der Waals surface area contributed by atoms with E-state index in [-0.39, 0.29) is 16.6 Å². The van der Waals surface area contributed by atoms with E-state index in [0.717, 1.165) is 16.3 Å². The van der Waals surface area contributed by atoms with Crippen LogP contribution in [0.25, 0.3) is 10.6 Å². The van der Waals surface area contributed by atoms with Crippen molar-refractivity contribution >= 4 is 28.8 Å². The molecule has 0 atom stereocenters. The lowest BCUT2D eigenvalue weighted by molar-refractivity contribution is 0.0949. The van der Waals surface area contributed by atoms with Crippen molar-refractivity contribution < 1.29 is 4.79 Å². The van der Waals surface area contributed by atoms with Crippen molar-refractivity contribution in [3.8, 4) is 10.6 Å². The number of rotatable bonds is 5. The highest BCUT2D eigenvalue weighted by molar-refractivity contribution is 7.13. The molecule has 0 spiro atoms. The highest BCUT2D eigenvalue weighted by Crippen LogP contribution is 2.23. The monoisotopic (exact) mass is 344 g/mol. The molecule has 0 fully saturated rings. The van der Waals surface area contributed by atoms with Crippen LogP contribution in [-0.2, 0) is 6.42 Å². The molecule has 0 bridgehead atoms. The van der Waals surface area contributed by atoms with Crippen molar-refractivity contribution in [3.63, 3.8) is 0 Å². The molecule has 0 radical (unpaired) electrons. The Hall–Kier alpha value is -2.31. The Morgan fingerprint density at radius 3 is 2.87 bits per heavy atom. The van der Waals surface area contributed by atoms with Crippen LogP contribution in [0.4, 0.5) is 0 Å². The third kappa shape index (κ3) is 3.91. The summed E-state index contributed by atoms with van der Waals surface area (Å²) >= 11 is 7.48. The molecule has 2 aromatic heterocycles. The number of halogens is 1. The van der Waals surface area contributed by atoms with E-state index in [9.17, 15) is 4.79 Å². The highest BCUT2D eigenvalue weighted by Gasteiger charge is 2.11. The summed E-state index contributed by atoms with van der Waals surface area (Å²) in [4.78, 5) is 24.2. The molecule has 116 valence electrons. The zero-order valence-corrected chi connectivity index (χ0v) is 13.6. The second-order valence-corrected chi connectivity index (χ2v) is 6.00. The fraction of sp³-hybridized carbons (Fsp3) is 0.125. The quantitative estimate of drug-likeness (QED) is 0.771. The van der Waals surface area contributed by atoms with Gasteiger partial charge >= 0.3 is 0 Å². The molecule has 3 aromatic rings. The Morgan fingerprint density at radius 2 is 2.09 bits per heavy atom. The topological polar surface area (TPSA) is 67.8 Å². The van der Waals surface area contributed by atoms with Gasteiger partial charge in [0.25, 0.3) is 5.91 Å². The lowest BCUT2D eigenvalue weighted by Gasteiger charge is -2.04. The minimum Gasteiger partial charge on any atom is -0.350 e. The van der Waals surface area contributed by atoms with Gasteiger partial charge in [-0.2, -0.15) is 0 Å². The number of aromatic nitrogens is 3. The third-order valence-electron chi connectivity index (χ3n) is 3.12. The number of benzene rings is 1. The molecule has 0 saturated carbocycles. The largest absolute Gasteiger partial charge is 0.350 e. The Balaban J connectivity index is 1.56. The van der Waals surface area contributed by atoms with Gasteiger partial charge < -0.3 is 5.32 Å². The number of hydrogen-bond acceptors (Lipinski definition) is 5. The van der Waals surface area contributed by atoms with Gasteiger partial charge in [0.15, 0.2) is 0 Å². The Morgan fingerprint density at radius 1 is 1.26 bits per heavy atom. The first kappa shape index (κ1) is 15.6. The molecule has 0 saturated heterocycles. The molecule has 2 heterocycles. The molecular formula is C16H13ClN4OS. The summed E-state index contributed by atoms with van der Waals surface area (Å²) in [5.41, 5.74) is 2.23. The normalized spacial score (nSPS) is 10.5. The number of carbonyl (C=O) groups is 1. The zero-order chi connectivity index (χ0) is 16.1. The summed E-state index contributed by atoms with van der Waals surface area (Å²) in [6, 6.07) is 10.0. The number of nitrogens with one attached hydrogen (secondary N) is 1. The molecule has 0 aliphatic carbocycles. The first-order valence-electron chi connectivity index (χ1n) is 6.97. The van der Waals surface area contributed by atoms with Gasteiger partial charge in [-0.1, -0.05) is 41.9 Å². The summed E-state index contributed by atoms with van der Waals surface area (Å²) in [6.45, 7) is 0.469. The average Bonchev–Trinajstić information content (AvgIpc) is 3.05. The number of carbonyl (C=O) groups excluding carboxylic acids is 1. The van der Waals surface area contributed by atoms with E-state index in [1.54, 1.807) is 11.3 Å². The number of nitrogens with zero attached hydrogens (tertiary/aromatic N) is 3. The molecular weight excluding hydrogens is 332 g/mol. The summed E-state index contributed by atoms with van der Waals surface area (Å²) in [5, 5.41) is 6.01. The fourth-order valence-electron chi connectivity index (χ4n) is 2.00. The second-order valence-electron chi connectivity index (χ2n) is 4.74. The molecule has 0 aliphatic heterocycles. The van der Waals surface area contributed by atoms with Crippen molar-refractivity contribution in [3.05, 3.63) is 64.6 Å². The van der Waals surface area contributed by atoms with Crippen LogP contribution < -0.4 is 5.32 Å². The van der Waals surface area contributed by atoms with E-state index in [4.69, 9.17) is 11.6 Å². The molecule has 0 aliphatic rings. The van der Waals surface area contributed by atoms with Crippen LogP contribution in [0.5, 0.6) is 0 Å². The summed E-state index contributed by atoms with van der Waals surface area (Å²) in [7, 11) is 0. The van der Waals surface area contributed by atoms with Gasteiger partial charge in [-0.25, -0.2) is 15.0 Å². The predicted octanol–water partition coefficient (Wildman–Crippen LogP) is 3.23. The van der Waals surface area contributed by atoms with Crippen LogP contribution in [0.3, 0.4) is 0 Å². The molecule has 1 amide bonds. The molecule has 1 N–H and O–H groups in total. The van der Waals surface area contributed by atoms with Crippen LogP contribution in [0.15, 0.2) is 48.2 Å². The SMILES string of the molecule is O=C(NCCc1csc(-c2ccccc2)n1)c1ncncc1Cl. The van der Waals surface area contributed by atoms with Crippen molar-refractivity contribution in [1.82, 2.24) is 20.3 Å². The van der Waals surface area contributed by atoms with E-state index >= 15 is 0 Å². The van der Waals surface area contributed by atoms with Crippen LogP contribution in [-0.4, -0.2) is 27.4 Å². The Kier molecular flexibility index (Phi) is 4.95.